The zero-order chi connectivity index (χ0) is 21.0. The number of amides is 1. The average molecular weight is 394 g/mol. The number of methoxy groups -OCH3 is 1. The minimum atomic E-state index is -1.27. The van der Waals surface area contributed by atoms with Gasteiger partial charge in [0.1, 0.15) is 23.3 Å². The number of pyridine rings is 1. The first-order valence-corrected chi connectivity index (χ1v) is 8.15. The zero-order valence-corrected chi connectivity index (χ0v) is 15.1. The second-order valence-electron chi connectivity index (χ2n) is 5.66. The van der Waals surface area contributed by atoms with Gasteiger partial charge in [-0.1, -0.05) is 5.92 Å². The van der Waals surface area contributed by atoms with E-state index in [4.69, 9.17) is 20.3 Å². The number of carboxylic acid groups (broad SMARTS) is 1. The molecule has 0 spiro atoms. The van der Waals surface area contributed by atoms with E-state index in [2.05, 4.69) is 16.2 Å². The molecular weight excluding hydrogens is 380 g/mol. The molecule has 1 aromatic carbocycles. The highest BCUT2D eigenvalue weighted by molar-refractivity contribution is 6.08. The van der Waals surface area contributed by atoms with E-state index >= 15 is 0 Å². The van der Waals surface area contributed by atoms with E-state index in [-0.39, 0.29) is 34.8 Å². The van der Waals surface area contributed by atoms with E-state index in [9.17, 15) is 19.5 Å². The second-order valence-corrected chi connectivity index (χ2v) is 5.66. The molecule has 0 saturated heterocycles. The summed E-state index contributed by atoms with van der Waals surface area (Å²) >= 11 is 0. The summed E-state index contributed by atoms with van der Waals surface area (Å²) in [5, 5.41) is 12.0. The molecule has 9 nitrogen and oxygen atoms in total. The highest BCUT2D eigenvalue weighted by atomic mass is 16.5. The summed E-state index contributed by atoms with van der Waals surface area (Å²) in [6.07, 6.45) is 7.58. The zero-order valence-electron chi connectivity index (χ0n) is 15.1. The number of aromatic nitrogens is 1. The maximum absolute atomic E-state index is 12.6. The average Bonchev–Trinajstić information content (AvgIpc) is 2.71. The van der Waals surface area contributed by atoms with Crippen LogP contribution in [0.5, 0.6) is 11.5 Å². The maximum Gasteiger partial charge on any atom is 0.349 e. The summed E-state index contributed by atoms with van der Waals surface area (Å²) < 4.78 is 15.8. The minimum Gasteiger partial charge on any atom is -0.493 e. The number of carboxylic acids is 1. The lowest BCUT2D eigenvalue weighted by Gasteiger charge is -2.11. The van der Waals surface area contributed by atoms with E-state index < -0.39 is 17.5 Å². The Balaban J connectivity index is 2.01. The number of carbonyl (C=O) groups is 2. The van der Waals surface area contributed by atoms with Crippen molar-refractivity contribution in [1.29, 1.82) is 0 Å². The lowest BCUT2D eigenvalue weighted by atomic mass is 10.1. The fourth-order valence-electron chi connectivity index (χ4n) is 2.54. The van der Waals surface area contributed by atoms with Crippen molar-refractivity contribution < 1.29 is 28.6 Å². The third kappa shape index (κ3) is 4.01. The Bertz CT molecular complexity index is 1210. The van der Waals surface area contributed by atoms with Crippen molar-refractivity contribution >= 4 is 28.5 Å². The Morgan fingerprint density at radius 1 is 1.28 bits per heavy atom. The molecule has 2 aromatic heterocycles. The Labute approximate surface area is 163 Å². The van der Waals surface area contributed by atoms with Crippen LogP contribution < -0.4 is 20.4 Å². The van der Waals surface area contributed by atoms with Crippen molar-refractivity contribution in [2.75, 3.05) is 19.0 Å². The van der Waals surface area contributed by atoms with Crippen LogP contribution >= 0.6 is 0 Å². The summed E-state index contributed by atoms with van der Waals surface area (Å²) in [6, 6.07) is 5.57. The number of nitrogens with zero attached hydrogens (tertiary/aromatic N) is 1. The van der Waals surface area contributed by atoms with Crippen molar-refractivity contribution in [1.82, 2.24) is 4.98 Å². The summed E-state index contributed by atoms with van der Waals surface area (Å²) in [6.45, 7) is -0.00949. The number of anilines is 1. The minimum absolute atomic E-state index is 0.00684. The molecule has 0 atom stereocenters. The van der Waals surface area contributed by atoms with Crippen molar-refractivity contribution in [3.63, 3.8) is 0 Å². The Hall–Kier alpha value is -4.32. The number of carbonyl (C=O) groups excluding carboxylic acids is 1. The molecule has 9 heteroatoms. The first-order valence-electron chi connectivity index (χ1n) is 8.15. The van der Waals surface area contributed by atoms with Gasteiger partial charge in [-0.2, -0.15) is 0 Å². The second kappa shape index (κ2) is 8.14. The van der Waals surface area contributed by atoms with Gasteiger partial charge in [0.15, 0.2) is 11.5 Å². The first kappa shape index (κ1) is 19.4. The topological polar surface area (TPSA) is 128 Å². The largest absolute Gasteiger partial charge is 0.493 e. The van der Waals surface area contributed by atoms with Crippen molar-refractivity contribution in [3.05, 3.63) is 58.2 Å². The molecule has 3 rings (SSSR count). The molecule has 1 amide bonds. The van der Waals surface area contributed by atoms with Crippen LogP contribution in [0.4, 0.5) is 5.69 Å². The van der Waals surface area contributed by atoms with Crippen molar-refractivity contribution in [3.8, 4) is 23.8 Å². The van der Waals surface area contributed by atoms with Crippen LogP contribution in [-0.2, 0) is 0 Å². The van der Waals surface area contributed by atoms with Gasteiger partial charge in [-0.15, -0.1) is 6.42 Å². The monoisotopic (exact) mass is 394 g/mol. The van der Waals surface area contributed by atoms with Crippen LogP contribution in [0.25, 0.3) is 11.0 Å². The highest BCUT2D eigenvalue weighted by Crippen LogP contribution is 2.32. The van der Waals surface area contributed by atoms with Crippen LogP contribution in [-0.4, -0.2) is 35.7 Å². The molecule has 0 unspecified atom stereocenters. The number of hydrogen-bond donors (Lipinski definition) is 2. The third-order valence-corrected chi connectivity index (χ3v) is 3.87. The molecule has 0 aliphatic carbocycles. The van der Waals surface area contributed by atoms with E-state index in [1.54, 1.807) is 0 Å². The normalized spacial score (nSPS) is 10.2. The number of ether oxygens (including phenoxy) is 2. The van der Waals surface area contributed by atoms with E-state index in [0.717, 1.165) is 6.20 Å². The molecule has 0 radical (unpaired) electrons. The van der Waals surface area contributed by atoms with Crippen LogP contribution in [0.15, 0.2) is 45.9 Å². The van der Waals surface area contributed by atoms with Gasteiger partial charge in [-0.25, -0.2) is 9.59 Å². The van der Waals surface area contributed by atoms with Gasteiger partial charge >= 0.3 is 11.6 Å². The van der Waals surface area contributed by atoms with Crippen LogP contribution in [0.3, 0.4) is 0 Å². The highest BCUT2D eigenvalue weighted by Gasteiger charge is 2.19. The van der Waals surface area contributed by atoms with E-state index in [1.165, 1.54) is 37.6 Å². The predicted molar refractivity (Wildman–Crippen MR) is 103 cm³/mol. The van der Waals surface area contributed by atoms with Gasteiger partial charge in [-0.3, -0.25) is 9.78 Å². The SMILES string of the molecule is C#CCOc1cc2oc(=O)c(C(=O)Nc3ccncc3C(=O)O)cc2cc1OC. The molecular formula is C20H14N2O7. The van der Waals surface area contributed by atoms with Gasteiger partial charge < -0.3 is 24.3 Å². The van der Waals surface area contributed by atoms with Crippen LogP contribution in [0, 0.1) is 12.3 Å². The summed E-state index contributed by atoms with van der Waals surface area (Å²) in [4.78, 5) is 39.8. The molecule has 2 N–H and O–H groups in total. The molecule has 0 fully saturated rings. The number of hydrogen-bond acceptors (Lipinski definition) is 7. The molecule has 0 aliphatic rings. The van der Waals surface area contributed by atoms with Crippen LogP contribution in [0.2, 0.25) is 0 Å². The standard InChI is InChI=1S/C20H14N2O7/c1-3-6-28-17-9-15-11(8-16(17)27-2)7-12(20(26)29-15)18(23)22-14-4-5-21-10-13(14)19(24)25/h1,4-5,7-10H,6H2,2H3,(H,24,25)(H,21,22,23). The molecule has 0 bridgehead atoms. The Kier molecular flexibility index (Phi) is 5.46. The quantitative estimate of drug-likeness (QED) is 0.481. The Morgan fingerprint density at radius 2 is 2.07 bits per heavy atom. The lowest BCUT2D eigenvalue weighted by Crippen LogP contribution is -2.22. The summed E-state index contributed by atoms with van der Waals surface area (Å²) in [7, 11) is 1.42. The molecule has 29 heavy (non-hydrogen) atoms. The number of rotatable bonds is 6. The van der Waals surface area contributed by atoms with Gasteiger partial charge in [0, 0.05) is 23.8 Å². The van der Waals surface area contributed by atoms with Gasteiger partial charge in [0.25, 0.3) is 5.91 Å². The van der Waals surface area contributed by atoms with Crippen LogP contribution in [0.1, 0.15) is 20.7 Å². The van der Waals surface area contributed by atoms with Gasteiger partial charge in [0.05, 0.1) is 12.8 Å². The smallest absolute Gasteiger partial charge is 0.349 e. The summed E-state index contributed by atoms with van der Waals surface area (Å²) in [5.41, 5.74) is -1.29. The lowest BCUT2D eigenvalue weighted by molar-refractivity contribution is 0.0697. The van der Waals surface area contributed by atoms with Crippen molar-refractivity contribution in [2.45, 2.75) is 0 Å². The van der Waals surface area contributed by atoms with Crippen molar-refractivity contribution in [2.24, 2.45) is 0 Å². The van der Waals surface area contributed by atoms with Gasteiger partial charge in [-0.05, 0) is 18.2 Å². The molecule has 146 valence electrons. The fourth-order valence-corrected chi connectivity index (χ4v) is 2.54. The number of fused-ring (bicyclic) bond motifs is 1. The molecule has 0 aliphatic heterocycles. The molecule has 2 heterocycles. The third-order valence-electron chi connectivity index (χ3n) is 3.87. The summed E-state index contributed by atoms with van der Waals surface area (Å²) in [5.74, 6) is 0.818. The number of nitrogens with one attached hydrogen (secondary N) is 1. The van der Waals surface area contributed by atoms with E-state index in [0.29, 0.717) is 11.1 Å². The fraction of sp³-hybridized carbons (Fsp3) is 0.100. The van der Waals surface area contributed by atoms with E-state index in [1.807, 2.05) is 0 Å². The number of benzene rings is 1. The maximum atomic E-state index is 12.6. The first-order chi connectivity index (χ1) is 13.9. The van der Waals surface area contributed by atoms with Gasteiger partial charge in [0.2, 0.25) is 0 Å². The molecule has 0 saturated carbocycles. The predicted octanol–water partition coefficient (Wildman–Crippen LogP) is 2.16. The number of aromatic carboxylic acids is 1. The number of terminal acetylenes is 1. The Morgan fingerprint density at radius 3 is 2.76 bits per heavy atom. The molecule has 3 aromatic rings.